The summed E-state index contributed by atoms with van der Waals surface area (Å²) < 4.78 is 5.38. The lowest BCUT2D eigenvalue weighted by atomic mass is 9.95. The molecule has 1 heterocycles. The van der Waals surface area contributed by atoms with Gasteiger partial charge in [0.1, 0.15) is 5.60 Å². The van der Waals surface area contributed by atoms with Crippen molar-refractivity contribution in [2.24, 2.45) is 5.92 Å². The van der Waals surface area contributed by atoms with Gasteiger partial charge >= 0.3 is 6.09 Å². The maximum Gasteiger partial charge on any atom is 0.410 e. The van der Waals surface area contributed by atoms with Crippen molar-refractivity contribution < 1.29 is 14.3 Å². The molecule has 1 aliphatic heterocycles. The number of ether oxygens (including phenoxy) is 1. The topological polar surface area (TPSA) is 58.6 Å². The number of hydrogen-bond donors (Lipinski definition) is 1. The highest BCUT2D eigenvalue weighted by Crippen LogP contribution is 2.24. The molecule has 1 atom stereocenters. The average Bonchev–Trinajstić information content (AvgIpc) is 2.53. The van der Waals surface area contributed by atoms with Crippen LogP contribution in [-0.2, 0) is 9.53 Å². The van der Waals surface area contributed by atoms with Gasteiger partial charge in [-0.1, -0.05) is 29.8 Å². The maximum atomic E-state index is 12.5. The fourth-order valence-electron chi connectivity index (χ4n) is 2.89. The van der Waals surface area contributed by atoms with Crippen molar-refractivity contribution in [2.75, 3.05) is 13.1 Å². The summed E-state index contributed by atoms with van der Waals surface area (Å²) >= 11 is 6.19. The minimum atomic E-state index is -0.504. The van der Waals surface area contributed by atoms with Gasteiger partial charge < -0.3 is 15.0 Å². The molecule has 0 saturated carbocycles. The van der Waals surface area contributed by atoms with Crippen LogP contribution in [0.2, 0.25) is 5.02 Å². The number of carbonyl (C=O) groups excluding carboxylic acids is 2. The number of rotatable bonds is 3. The van der Waals surface area contributed by atoms with E-state index >= 15 is 0 Å². The van der Waals surface area contributed by atoms with Gasteiger partial charge in [-0.2, -0.15) is 0 Å². The summed E-state index contributed by atoms with van der Waals surface area (Å²) in [6.45, 7) is 8.54. The quantitative estimate of drug-likeness (QED) is 0.873. The van der Waals surface area contributed by atoms with E-state index in [1.165, 1.54) is 0 Å². The Morgan fingerprint density at radius 2 is 1.84 bits per heavy atom. The Labute approximate surface area is 154 Å². The van der Waals surface area contributed by atoms with Crippen molar-refractivity contribution in [1.82, 2.24) is 10.2 Å². The van der Waals surface area contributed by atoms with Gasteiger partial charge in [-0.15, -0.1) is 0 Å². The molecule has 0 aliphatic carbocycles. The first-order valence-corrected chi connectivity index (χ1v) is 9.08. The lowest BCUT2D eigenvalue weighted by Crippen LogP contribution is -2.45. The number of nitrogens with one attached hydrogen (secondary N) is 1. The SMILES string of the molecule is CC(NC(=O)C1CCN(C(=O)OC(C)(C)C)CC1)c1ccccc1Cl. The van der Waals surface area contributed by atoms with Crippen LogP contribution in [0.4, 0.5) is 4.79 Å². The van der Waals surface area contributed by atoms with Gasteiger partial charge in [0.2, 0.25) is 5.91 Å². The van der Waals surface area contributed by atoms with E-state index < -0.39 is 5.60 Å². The second kappa shape index (κ2) is 8.09. The third-order valence-corrected chi connectivity index (χ3v) is 4.59. The molecule has 1 aliphatic rings. The summed E-state index contributed by atoms with van der Waals surface area (Å²) in [5.74, 6) is -0.0834. The fourth-order valence-corrected chi connectivity index (χ4v) is 3.19. The molecule has 0 radical (unpaired) electrons. The Hall–Kier alpha value is -1.75. The molecule has 138 valence electrons. The van der Waals surface area contributed by atoms with Crippen molar-refractivity contribution in [2.45, 2.75) is 52.2 Å². The number of halogens is 1. The van der Waals surface area contributed by atoms with Gasteiger partial charge in [0.25, 0.3) is 0 Å². The molecule has 6 heteroatoms. The second-order valence-corrected chi connectivity index (χ2v) is 7.90. The van der Waals surface area contributed by atoms with Gasteiger partial charge in [0, 0.05) is 24.0 Å². The molecule has 2 amide bonds. The van der Waals surface area contributed by atoms with Crippen LogP contribution in [0.3, 0.4) is 0 Å². The smallest absolute Gasteiger partial charge is 0.410 e. The van der Waals surface area contributed by atoms with E-state index in [0.717, 1.165) is 5.56 Å². The molecule has 1 N–H and O–H groups in total. The van der Waals surface area contributed by atoms with Crippen molar-refractivity contribution >= 4 is 23.6 Å². The lowest BCUT2D eigenvalue weighted by Gasteiger charge is -2.33. The minimum absolute atomic E-state index is 0.0104. The van der Waals surface area contributed by atoms with Crippen molar-refractivity contribution in [3.8, 4) is 0 Å². The van der Waals surface area contributed by atoms with Crippen LogP contribution in [0.15, 0.2) is 24.3 Å². The van der Waals surface area contributed by atoms with E-state index in [1.807, 2.05) is 52.0 Å². The lowest BCUT2D eigenvalue weighted by molar-refractivity contribution is -0.127. The zero-order chi connectivity index (χ0) is 18.6. The van der Waals surface area contributed by atoms with Gasteiger partial charge in [-0.25, -0.2) is 4.79 Å². The van der Waals surface area contributed by atoms with Crippen LogP contribution >= 0.6 is 11.6 Å². The number of hydrogen-bond acceptors (Lipinski definition) is 3. The van der Waals surface area contributed by atoms with E-state index in [9.17, 15) is 9.59 Å². The van der Waals surface area contributed by atoms with Crippen LogP contribution < -0.4 is 5.32 Å². The standard InChI is InChI=1S/C19H27ClN2O3/c1-13(15-7-5-6-8-16(15)20)21-17(23)14-9-11-22(12-10-14)18(24)25-19(2,3)4/h5-8,13-14H,9-12H2,1-4H3,(H,21,23). The highest BCUT2D eigenvalue weighted by atomic mass is 35.5. The molecule has 25 heavy (non-hydrogen) atoms. The normalized spacial score (nSPS) is 17.1. The number of likely N-dealkylation sites (tertiary alicyclic amines) is 1. The van der Waals surface area contributed by atoms with E-state index in [0.29, 0.717) is 31.0 Å². The van der Waals surface area contributed by atoms with E-state index in [4.69, 9.17) is 16.3 Å². The van der Waals surface area contributed by atoms with Crippen molar-refractivity contribution in [3.05, 3.63) is 34.9 Å². The number of piperidine rings is 1. The first-order chi connectivity index (χ1) is 11.7. The average molecular weight is 367 g/mol. The Balaban J connectivity index is 1.85. The molecule has 0 spiro atoms. The Kier molecular flexibility index (Phi) is 6.33. The number of carbonyl (C=O) groups is 2. The Bertz CT molecular complexity index is 619. The fraction of sp³-hybridized carbons (Fsp3) is 0.579. The van der Waals surface area contributed by atoms with Crippen molar-refractivity contribution in [3.63, 3.8) is 0 Å². The van der Waals surface area contributed by atoms with Crippen LogP contribution in [-0.4, -0.2) is 35.6 Å². The summed E-state index contributed by atoms with van der Waals surface area (Å²) in [4.78, 5) is 26.3. The number of nitrogens with zero attached hydrogens (tertiary/aromatic N) is 1. The zero-order valence-corrected chi connectivity index (χ0v) is 16.1. The number of amides is 2. The maximum absolute atomic E-state index is 12.5. The van der Waals surface area contributed by atoms with Crippen LogP contribution in [0, 0.1) is 5.92 Å². The van der Waals surface area contributed by atoms with Crippen LogP contribution in [0.25, 0.3) is 0 Å². The monoisotopic (exact) mass is 366 g/mol. The summed E-state index contributed by atoms with van der Waals surface area (Å²) in [6.07, 6.45) is 0.969. The molecule has 5 nitrogen and oxygen atoms in total. The van der Waals surface area contributed by atoms with E-state index in [1.54, 1.807) is 4.90 Å². The zero-order valence-electron chi connectivity index (χ0n) is 15.3. The van der Waals surface area contributed by atoms with Gasteiger partial charge in [0.05, 0.1) is 6.04 Å². The minimum Gasteiger partial charge on any atom is -0.444 e. The molecule has 0 aromatic heterocycles. The highest BCUT2D eigenvalue weighted by Gasteiger charge is 2.30. The molecule has 0 bridgehead atoms. The predicted molar refractivity (Wildman–Crippen MR) is 98.5 cm³/mol. The van der Waals surface area contributed by atoms with E-state index in [-0.39, 0.29) is 24.0 Å². The summed E-state index contributed by atoms with van der Waals surface area (Å²) in [5, 5.41) is 3.68. The predicted octanol–water partition coefficient (Wildman–Crippen LogP) is 4.16. The first kappa shape index (κ1) is 19.6. The first-order valence-electron chi connectivity index (χ1n) is 8.70. The largest absolute Gasteiger partial charge is 0.444 e. The van der Waals surface area contributed by atoms with Gasteiger partial charge in [-0.3, -0.25) is 4.79 Å². The second-order valence-electron chi connectivity index (χ2n) is 7.49. The number of benzene rings is 1. The molecular weight excluding hydrogens is 340 g/mol. The molecular formula is C19H27ClN2O3. The molecule has 1 saturated heterocycles. The molecule has 2 rings (SSSR count). The third kappa shape index (κ3) is 5.63. The molecule has 1 unspecified atom stereocenters. The summed E-state index contributed by atoms with van der Waals surface area (Å²) in [5.41, 5.74) is 0.402. The Morgan fingerprint density at radius 3 is 2.40 bits per heavy atom. The molecule has 1 fully saturated rings. The summed E-state index contributed by atoms with van der Waals surface area (Å²) in [6, 6.07) is 7.36. The van der Waals surface area contributed by atoms with Gasteiger partial charge in [0.15, 0.2) is 0 Å². The van der Waals surface area contributed by atoms with Crippen LogP contribution in [0.5, 0.6) is 0 Å². The molecule has 1 aromatic rings. The molecule has 1 aromatic carbocycles. The van der Waals surface area contributed by atoms with Crippen LogP contribution in [0.1, 0.15) is 52.1 Å². The third-order valence-electron chi connectivity index (χ3n) is 4.25. The van der Waals surface area contributed by atoms with Gasteiger partial charge in [-0.05, 0) is 52.2 Å². The van der Waals surface area contributed by atoms with Crippen molar-refractivity contribution in [1.29, 1.82) is 0 Å². The summed E-state index contributed by atoms with van der Waals surface area (Å²) in [7, 11) is 0. The Morgan fingerprint density at radius 1 is 1.24 bits per heavy atom. The van der Waals surface area contributed by atoms with E-state index in [2.05, 4.69) is 5.32 Å². The highest BCUT2D eigenvalue weighted by molar-refractivity contribution is 6.31.